The van der Waals surface area contributed by atoms with Gasteiger partial charge in [0.1, 0.15) is 0 Å². The fourth-order valence-corrected chi connectivity index (χ4v) is 2.29. The minimum absolute atomic E-state index is 0.106. The molecule has 1 N–H and O–H groups in total. The van der Waals surface area contributed by atoms with E-state index in [4.69, 9.17) is 5.26 Å². The summed E-state index contributed by atoms with van der Waals surface area (Å²) in [6.45, 7) is 7.30. The smallest absolute Gasteiger partial charge is 0.0751 e. The summed E-state index contributed by atoms with van der Waals surface area (Å²) >= 11 is 0. The number of pyridine rings is 1. The summed E-state index contributed by atoms with van der Waals surface area (Å²) in [5.41, 5.74) is 3.46. The van der Waals surface area contributed by atoms with Crippen molar-refractivity contribution < 1.29 is 0 Å². The Morgan fingerprint density at radius 1 is 1.30 bits per heavy atom. The molecule has 1 aromatic heterocycles. The lowest BCUT2D eigenvalue weighted by Gasteiger charge is -2.25. The van der Waals surface area contributed by atoms with E-state index in [0.29, 0.717) is 6.42 Å². The Morgan fingerprint density at radius 2 is 2.10 bits per heavy atom. The van der Waals surface area contributed by atoms with Gasteiger partial charge in [0, 0.05) is 30.2 Å². The maximum Gasteiger partial charge on any atom is 0.0751 e. The number of hydrogen-bond acceptors (Lipinski definition) is 3. The van der Waals surface area contributed by atoms with Gasteiger partial charge in [-0.05, 0) is 42.5 Å². The van der Waals surface area contributed by atoms with Crippen LogP contribution in [0.15, 0.2) is 30.5 Å². The van der Waals surface area contributed by atoms with Crippen molar-refractivity contribution in [2.24, 2.45) is 5.41 Å². The molecule has 0 aliphatic heterocycles. The number of nitriles is 1. The number of aryl methyl sites for hydroxylation is 1. The van der Waals surface area contributed by atoms with Gasteiger partial charge in [0.15, 0.2) is 0 Å². The Kier molecular flexibility index (Phi) is 4.24. The average molecular weight is 267 g/mol. The zero-order valence-corrected chi connectivity index (χ0v) is 12.4. The molecule has 0 bridgehead atoms. The minimum Gasteiger partial charge on any atom is -0.384 e. The van der Waals surface area contributed by atoms with Gasteiger partial charge in [0.05, 0.1) is 11.6 Å². The molecule has 20 heavy (non-hydrogen) atoms. The van der Waals surface area contributed by atoms with Crippen molar-refractivity contribution in [2.75, 3.05) is 11.9 Å². The van der Waals surface area contributed by atoms with E-state index in [9.17, 15) is 0 Å². The Labute approximate surface area is 120 Å². The topological polar surface area (TPSA) is 48.7 Å². The van der Waals surface area contributed by atoms with Crippen LogP contribution in [0.5, 0.6) is 0 Å². The number of fused-ring (bicyclic) bond motifs is 1. The summed E-state index contributed by atoms with van der Waals surface area (Å²) in [5.74, 6) is 0. The number of nitrogens with zero attached hydrogens (tertiary/aromatic N) is 2. The third kappa shape index (κ3) is 3.27. The predicted octanol–water partition coefficient (Wildman–Crippen LogP) is 4.29. The van der Waals surface area contributed by atoms with Crippen LogP contribution in [0, 0.1) is 23.7 Å². The normalized spacial score (nSPS) is 11.3. The molecule has 0 fully saturated rings. The highest BCUT2D eigenvalue weighted by Gasteiger charge is 2.17. The molecule has 2 aromatic rings. The number of benzene rings is 1. The van der Waals surface area contributed by atoms with E-state index in [2.05, 4.69) is 55.3 Å². The highest BCUT2D eigenvalue weighted by Crippen LogP contribution is 2.27. The largest absolute Gasteiger partial charge is 0.384 e. The van der Waals surface area contributed by atoms with Crippen molar-refractivity contribution in [3.05, 3.63) is 36.0 Å². The lowest BCUT2D eigenvalue weighted by molar-refractivity contribution is 0.364. The van der Waals surface area contributed by atoms with Gasteiger partial charge in [-0.25, -0.2) is 0 Å². The zero-order chi connectivity index (χ0) is 14.6. The van der Waals surface area contributed by atoms with Crippen molar-refractivity contribution in [1.29, 1.82) is 5.26 Å². The van der Waals surface area contributed by atoms with Gasteiger partial charge in [0.25, 0.3) is 0 Å². The molecule has 0 atom stereocenters. The molecule has 104 valence electrons. The van der Waals surface area contributed by atoms with Crippen LogP contribution in [0.4, 0.5) is 5.69 Å². The van der Waals surface area contributed by atoms with Crippen LogP contribution >= 0.6 is 0 Å². The van der Waals surface area contributed by atoms with E-state index in [0.717, 1.165) is 29.6 Å². The first-order chi connectivity index (χ1) is 9.53. The maximum atomic E-state index is 8.71. The lowest BCUT2D eigenvalue weighted by Crippen LogP contribution is -2.23. The maximum absolute atomic E-state index is 8.71. The Balaban J connectivity index is 2.19. The van der Waals surface area contributed by atoms with Crippen molar-refractivity contribution in [3.63, 3.8) is 0 Å². The number of nitrogens with one attached hydrogen (secondary N) is 1. The van der Waals surface area contributed by atoms with Crippen molar-refractivity contribution in [1.82, 2.24) is 4.98 Å². The molecule has 0 saturated carbocycles. The van der Waals surface area contributed by atoms with Gasteiger partial charge in [-0.15, -0.1) is 0 Å². The molecule has 0 saturated heterocycles. The molecular weight excluding hydrogens is 246 g/mol. The zero-order valence-electron chi connectivity index (χ0n) is 12.4. The Bertz CT molecular complexity index is 638. The second-order valence-corrected chi connectivity index (χ2v) is 6.01. The molecule has 1 heterocycles. The molecule has 0 unspecified atom stereocenters. The number of rotatable bonds is 5. The van der Waals surface area contributed by atoms with E-state index in [1.54, 1.807) is 0 Å². The van der Waals surface area contributed by atoms with Crippen LogP contribution < -0.4 is 5.32 Å². The van der Waals surface area contributed by atoms with Crippen molar-refractivity contribution in [2.45, 2.75) is 33.6 Å². The van der Waals surface area contributed by atoms with Crippen LogP contribution in [0.2, 0.25) is 0 Å². The third-order valence-electron chi connectivity index (χ3n) is 3.64. The van der Waals surface area contributed by atoms with Gasteiger partial charge in [-0.3, -0.25) is 4.98 Å². The summed E-state index contributed by atoms with van der Waals surface area (Å²) in [6.07, 6.45) is 3.33. The highest BCUT2D eigenvalue weighted by atomic mass is 14.9. The van der Waals surface area contributed by atoms with E-state index < -0.39 is 0 Å². The molecule has 0 aliphatic carbocycles. The SMILES string of the molecule is Cc1ccc(NCC(C)(C)CCC#N)c2cccnc12. The predicted molar refractivity (Wildman–Crippen MR) is 83.6 cm³/mol. The van der Waals surface area contributed by atoms with Gasteiger partial charge in [0.2, 0.25) is 0 Å². The third-order valence-corrected chi connectivity index (χ3v) is 3.64. The molecular formula is C17H21N3. The number of anilines is 1. The lowest BCUT2D eigenvalue weighted by atomic mass is 9.88. The summed E-state index contributed by atoms with van der Waals surface area (Å²) in [7, 11) is 0. The summed E-state index contributed by atoms with van der Waals surface area (Å²) in [5, 5.41) is 13.4. The molecule has 3 heteroatoms. The van der Waals surface area contributed by atoms with E-state index >= 15 is 0 Å². The van der Waals surface area contributed by atoms with Gasteiger partial charge < -0.3 is 5.32 Å². The Morgan fingerprint density at radius 3 is 2.85 bits per heavy atom. The molecule has 0 spiro atoms. The van der Waals surface area contributed by atoms with E-state index in [1.165, 1.54) is 5.56 Å². The van der Waals surface area contributed by atoms with Crippen molar-refractivity contribution in [3.8, 4) is 6.07 Å². The summed E-state index contributed by atoms with van der Waals surface area (Å²) in [6, 6.07) is 10.5. The first kappa shape index (κ1) is 14.3. The van der Waals surface area contributed by atoms with Crippen LogP contribution in [0.3, 0.4) is 0 Å². The van der Waals surface area contributed by atoms with Crippen molar-refractivity contribution >= 4 is 16.6 Å². The molecule has 1 aromatic carbocycles. The Hall–Kier alpha value is -2.08. The standard InChI is InChI=1S/C17H21N3/c1-13-7-8-15(14-6-4-11-19-16(13)14)20-12-17(2,3)9-5-10-18/h4,6-8,11,20H,5,9,12H2,1-3H3. The van der Waals surface area contributed by atoms with E-state index in [-0.39, 0.29) is 5.41 Å². The quantitative estimate of drug-likeness (QED) is 0.879. The fraction of sp³-hybridized carbons (Fsp3) is 0.412. The van der Waals surface area contributed by atoms with Gasteiger partial charge in [-0.2, -0.15) is 5.26 Å². The molecule has 0 radical (unpaired) electrons. The molecule has 0 aliphatic rings. The average Bonchev–Trinajstić information content (AvgIpc) is 2.45. The van der Waals surface area contributed by atoms with Crippen LogP contribution in [-0.4, -0.2) is 11.5 Å². The van der Waals surface area contributed by atoms with E-state index in [1.807, 2.05) is 12.3 Å². The number of aromatic nitrogens is 1. The highest BCUT2D eigenvalue weighted by molar-refractivity contribution is 5.93. The van der Waals surface area contributed by atoms with Crippen LogP contribution in [-0.2, 0) is 0 Å². The fourth-order valence-electron chi connectivity index (χ4n) is 2.29. The van der Waals surface area contributed by atoms with Crippen LogP contribution in [0.25, 0.3) is 10.9 Å². The second-order valence-electron chi connectivity index (χ2n) is 6.01. The van der Waals surface area contributed by atoms with Gasteiger partial charge in [-0.1, -0.05) is 19.9 Å². The first-order valence-electron chi connectivity index (χ1n) is 6.99. The summed E-state index contributed by atoms with van der Waals surface area (Å²) < 4.78 is 0. The monoisotopic (exact) mass is 267 g/mol. The summed E-state index contributed by atoms with van der Waals surface area (Å²) in [4.78, 5) is 4.45. The minimum atomic E-state index is 0.106. The van der Waals surface area contributed by atoms with Crippen LogP contribution in [0.1, 0.15) is 32.3 Å². The first-order valence-corrected chi connectivity index (χ1v) is 6.99. The number of hydrogen-bond donors (Lipinski definition) is 1. The van der Waals surface area contributed by atoms with Gasteiger partial charge >= 0.3 is 0 Å². The molecule has 3 nitrogen and oxygen atoms in total. The molecule has 2 rings (SSSR count). The second kappa shape index (κ2) is 5.92. The molecule has 0 amide bonds.